The van der Waals surface area contributed by atoms with Gasteiger partial charge in [0.05, 0.1) is 5.56 Å². The predicted molar refractivity (Wildman–Crippen MR) is 89.2 cm³/mol. The number of rotatable bonds is 4. The highest BCUT2D eigenvalue weighted by molar-refractivity contribution is 5.95. The van der Waals surface area contributed by atoms with Crippen LogP contribution in [-0.4, -0.2) is 24.0 Å². The average Bonchev–Trinajstić information content (AvgIpc) is 3.00. The molecule has 4 heteroatoms. The van der Waals surface area contributed by atoms with Gasteiger partial charge in [0.2, 0.25) is 0 Å². The summed E-state index contributed by atoms with van der Waals surface area (Å²) in [5.41, 5.74) is 4.10. The zero-order valence-corrected chi connectivity index (χ0v) is 13.1. The zero-order valence-electron chi connectivity index (χ0n) is 13.1. The van der Waals surface area contributed by atoms with Gasteiger partial charge in [-0.25, -0.2) is 0 Å². The lowest BCUT2D eigenvalue weighted by Crippen LogP contribution is -2.29. The summed E-state index contributed by atoms with van der Waals surface area (Å²) in [7, 11) is 0. The van der Waals surface area contributed by atoms with Gasteiger partial charge < -0.3 is 15.2 Å². The van der Waals surface area contributed by atoms with Crippen LogP contribution in [0.25, 0.3) is 0 Å². The fourth-order valence-corrected chi connectivity index (χ4v) is 2.94. The van der Waals surface area contributed by atoms with Crippen LogP contribution < -0.4 is 10.2 Å². The number of H-pyrrole nitrogens is 1. The largest absolute Gasteiger partial charge is 0.372 e. The third kappa shape index (κ3) is 3.32. The smallest absolute Gasteiger partial charge is 0.253 e. The Kier molecular flexibility index (Phi) is 4.47. The molecule has 0 radical (unpaired) electrons. The molecule has 4 nitrogen and oxygen atoms in total. The number of hydrogen-bond acceptors (Lipinski definition) is 2. The predicted octanol–water partition coefficient (Wildman–Crippen LogP) is 3.24. The molecular formula is C18H23N3O. The number of aryl methyl sites for hydroxylation is 1. The first-order valence-electron chi connectivity index (χ1n) is 7.99. The molecule has 2 N–H and O–H groups in total. The molecule has 1 saturated heterocycles. The number of hydrogen-bond donors (Lipinski definition) is 2. The average molecular weight is 297 g/mol. The molecule has 0 unspecified atom stereocenters. The summed E-state index contributed by atoms with van der Waals surface area (Å²) >= 11 is 0. The number of aromatic amines is 1. The van der Waals surface area contributed by atoms with Crippen molar-refractivity contribution in [2.45, 2.75) is 32.7 Å². The lowest BCUT2D eigenvalue weighted by atomic mass is 10.1. The van der Waals surface area contributed by atoms with E-state index in [0.29, 0.717) is 12.1 Å². The van der Waals surface area contributed by atoms with Gasteiger partial charge in [0, 0.05) is 37.7 Å². The van der Waals surface area contributed by atoms with Gasteiger partial charge in [-0.3, -0.25) is 4.79 Å². The fraction of sp³-hybridized carbons (Fsp3) is 0.389. The maximum Gasteiger partial charge on any atom is 0.253 e. The molecule has 0 saturated carbocycles. The van der Waals surface area contributed by atoms with Crippen LogP contribution >= 0.6 is 0 Å². The Hall–Kier alpha value is -2.23. The summed E-state index contributed by atoms with van der Waals surface area (Å²) in [5, 5.41) is 2.97. The molecule has 0 bridgehead atoms. The van der Waals surface area contributed by atoms with E-state index in [1.165, 1.54) is 24.9 Å². The monoisotopic (exact) mass is 297 g/mol. The maximum absolute atomic E-state index is 12.1. The van der Waals surface area contributed by atoms with Crippen LogP contribution in [-0.2, 0) is 6.54 Å². The first kappa shape index (κ1) is 14.7. The van der Waals surface area contributed by atoms with E-state index in [0.717, 1.165) is 24.2 Å². The standard InChI is InChI=1S/C18H23N3O/c1-14-11-19-13-17(14)18(22)20-12-15-5-7-16(8-6-15)21-9-3-2-4-10-21/h5-8,11,13,19H,2-4,9-10,12H2,1H3,(H,20,22). The summed E-state index contributed by atoms with van der Waals surface area (Å²) in [4.78, 5) is 17.5. The van der Waals surface area contributed by atoms with Crippen LogP contribution in [0.1, 0.15) is 40.7 Å². The second-order valence-electron chi connectivity index (χ2n) is 5.95. The first-order valence-corrected chi connectivity index (χ1v) is 7.99. The van der Waals surface area contributed by atoms with Gasteiger partial charge in [-0.05, 0) is 49.4 Å². The Morgan fingerprint density at radius 1 is 1.14 bits per heavy atom. The maximum atomic E-state index is 12.1. The molecule has 22 heavy (non-hydrogen) atoms. The highest BCUT2D eigenvalue weighted by Crippen LogP contribution is 2.20. The van der Waals surface area contributed by atoms with Crippen molar-refractivity contribution in [3.63, 3.8) is 0 Å². The van der Waals surface area contributed by atoms with E-state index < -0.39 is 0 Å². The van der Waals surface area contributed by atoms with E-state index in [4.69, 9.17) is 0 Å². The van der Waals surface area contributed by atoms with Crippen LogP contribution in [0.4, 0.5) is 5.69 Å². The van der Waals surface area contributed by atoms with Crippen molar-refractivity contribution >= 4 is 11.6 Å². The van der Waals surface area contributed by atoms with Gasteiger partial charge in [0.15, 0.2) is 0 Å². The number of nitrogens with one attached hydrogen (secondary N) is 2. The van der Waals surface area contributed by atoms with Crippen molar-refractivity contribution in [2.75, 3.05) is 18.0 Å². The number of benzene rings is 1. The second kappa shape index (κ2) is 6.69. The van der Waals surface area contributed by atoms with Crippen molar-refractivity contribution in [1.82, 2.24) is 10.3 Å². The molecule has 2 aromatic rings. The number of piperidine rings is 1. The second-order valence-corrected chi connectivity index (χ2v) is 5.95. The van der Waals surface area contributed by atoms with Crippen molar-refractivity contribution in [1.29, 1.82) is 0 Å². The quantitative estimate of drug-likeness (QED) is 0.910. The van der Waals surface area contributed by atoms with Gasteiger partial charge in [-0.1, -0.05) is 12.1 Å². The molecule has 1 aliphatic rings. The van der Waals surface area contributed by atoms with E-state index in [1.807, 2.05) is 13.1 Å². The van der Waals surface area contributed by atoms with Crippen LogP contribution in [0, 0.1) is 6.92 Å². The highest BCUT2D eigenvalue weighted by Gasteiger charge is 2.11. The molecule has 1 fully saturated rings. The highest BCUT2D eigenvalue weighted by atomic mass is 16.1. The normalized spacial score (nSPS) is 14.9. The molecule has 3 rings (SSSR count). The number of aromatic nitrogens is 1. The van der Waals surface area contributed by atoms with Gasteiger partial charge >= 0.3 is 0 Å². The molecule has 1 aromatic heterocycles. The number of anilines is 1. The van der Waals surface area contributed by atoms with Crippen LogP contribution in [0.5, 0.6) is 0 Å². The summed E-state index contributed by atoms with van der Waals surface area (Å²) in [5.74, 6) is -0.0288. The summed E-state index contributed by atoms with van der Waals surface area (Å²) in [6.45, 7) is 4.80. The molecule has 0 atom stereocenters. The van der Waals surface area contributed by atoms with E-state index in [-0.39, 0.29) is 5.91 Å². The Bertz CT molecular complexity index is 624. The minimum atomic E-state index is -0.0288. The van der Waals surface area contributed by atoms with Gasteiger partial charge in [-0.15, -0.1) is 0 Å². The molecule has 1 aromatic carbocycles. The first-order chi connectivity index (χ1) is 10.7. The van der Waals surface area contributed by atoms with E-state index >= 15 is 0 Å². The lowest BCUT2D eigenvalue weighted by molar-refractivity contribution is 0.0950. The number of carbonyl (C=O) groups excluding carboxylic acids is 1. The van der Waals surface area contributed by atoms with Crippen molar-refractivity contribution < 1.29 is 4.79 Å². The zero-order chi connectivity index (χ0) is 15.4. The Labute approximate surface area is 131 Å². The third-order valence-electron chi connectivity index (χ3n) is 4.31. The summed E-state index contributed by atoms with van der Waals surface area (Å²) in [6, 6.07) is 8.53. The molecular weight excluding hydrogens is 274 g/mol. The molecule has 1 aliphatic heterocycles. The minimum absolute atomic E-state index is 0.0288. The molecule has 0 spiro atoms. The van der Waals surface area contributed by atoms with Crippen molar-refractivity contribution in [2.24, 2.45) is 0 Å². The van der Waals surface area contributed by atoms with E-state index in [2.05, 4.69) is 39.5 Å². The fourth-order valence-electron chi connectivity index (χ4n) is 2.94. The Morgan fingerprint density at radius 2 is 1.86 bits per heavy atom. The van der Waals surface area contributed by atoms with Crippen molar-refractivity contribution in [3.05, 3.63) is 53.3 Å². The van der Waals surface area contributed by atoms with Gasteiger partial charge in [0.25, 0.3) is 5.91 Å². The summed E-state index contributed by atoms with van der Waals surface area (Å²) < 4.78 is 0. The lowest BCUT2D eigenvalue weighted by Gasteiger charge is -2.28. The Morgan fingerprint density at radius 3 is 2.50 bits per heavy atom. The molecule has 1 amide bonds. The minimum Gasteiger partial charge on any atom is -0.372 e. The molecule has 2 heterocycles. The van der Waals surface area contributed by atoms with Gasteiger partial charge in [-0.2, -0.15) is 0 Å². The van der Waals surface area contributed by atoms with Crippen LogP contribution in [0.15, 0.2) is 36.7 Å². The SMILES string of the molecule is Cc1c[nH]cc1C(=O)NCc1ccc(N2CCCCC2)cc1. The van der Waals surface area contributed by atoms with Gasteiger partial charge in [0.1, 0.15) is 0 Å². The van der Waals surface area contributed by atoms with Crippen molar-refractivity contribution in [3.8, 4) is 0 Å². The molecule has 116 valence electrons. The Balaban J connectivity index is 1.57. The van der Waals surface area contributed by atoms with E-state index in [9.17, 15) is 4.79 Å². The van der Waals surface area contributed by atoms with E-state index in [1.54, 1.807) is 6.20 Å². The van der Waals surface area contributed by atoms with Crippen LogP contribution in [0.3, 0.4) is 0 Å². The molecule has 0 aliphatic carbocycles. The number of amides is 1. The van der Waals surface area contributed by atoms with Crippen LogP contribution in [0.2, 0.25) is 0 Å². The number of nitrogens with zero attached hydrogens (tertiary/aromatic N) is 1. The third-order valence-corrected chi connectivity index (χ3v) is 4.31. The summed E-state index contributed by atoms with van der Waals surface area (Å²) in [6.07, 6.45) is 7.49. The topological polar surface area (TPSA) is 48.1 Å². The number of carbonyl (C=O) groups is 1.